The molecule has 0 spiro atoms. The van der Waals surface area contributed by atoms with Crippen LogP contribution >= 0.6 is 11.6 Å². The van der Waals surface area contributed by atoms with Gasteiger partial charge < -0.3 is 0 Å². The van der Waals surface area contributed by atoms with Gasteiger partial charge in [-0.05, 0) is 18.2 Å². The van der Waals surface area contributed by atoms with E-state index in [0.29, 0.717) is 6.07 Å². The van der Waals surface area contributed by atoms with Gasteiger partial charge in [-0.3, -0.25) is 0 Å². The Morgan fingerprint density at radius 2 is 2.00 bits per heavy atom. The fourth-order valence-electron chi connectivity index (χ4n) is 0.798. The Hall–Kier alpha value is -1.21. The molecule has 1 nitrogen and oxygen atoms in total. The van der Waals surface area contributed by atoms with E-state index in [9.17, 15) is 13.2 Å². The molecule has 0 heterocycles. The van der Waals surface area contributed by atoms with Crippen molar-refractivity contribution in [2.45, 2.75) is 5.92 Å². The summed E-state index contributed by atoms with van der Waals surface area (Å²) in [7, 11) is 0. The summed E-state index contributed by atoms with van der Waals surface area (Å²) in [5.41, 5.74) is -0.998. The van der Waals surface area contributed by atoms with E-state index in [0.717, 1.165) is 18.2 Å². The molecule has 0 saturated carbocycles. The van der Waals surface area contributed by atoms with Crippen LogP contribution in [0.1, 0.15) is 5.56 Å². The lowest BCUT2D eigenvalue weighted by atomic mass is 10.1. The molecule has 0 bridgehead atoms. The Balaban J connectivity index is 3.30. The number of halogens is 4. The number of rotatable bonds is 1. The summed E-state index contributed by atoms with van der Waals surface area (Å²) < 4.78 is 38.1. The summed E-state index contributed by atoms with van der Waals surface area (Å²) in [6.45, 7) is 0. The molecule has 68 valence electrons. The first-order valence-corrected chi connectivity index (χ1v) is 3.60. The molecule has 0 fully saturated rings. The minimum Gasteiger partial charge on any atom is -0.206 e. The first kappa shape index (κ1) is 9.87. The van der Waals surface area contributed by atoms with Crippen LogP contribution in [0.4, 0.5) is 13.2 Å². The van der Waals surface area contributed by atoms with Gasteiger partial charge in [-0.15, -0.1) is 0 Å². The molecule has 0 unspecified atom stereocenters. The van der Waals surface area contributed by atoms with Gasteiger partial charge in [0.15, 0.2) is 0 Å². The van der Waals surface area contributed by atoms with Gasteiger partial charge >= 0.3 is 5.92 Å². The summed E-state index contributed by atoms with van der Waals surface area (Å²) in [6.07, 6.45) is 0. The van der Waals surface area contributed by atoms with E-state index in [1.165, 1.54) is 0 Å². The maximum absolute atomic E-state index is 12.8. The summed E-state index contributed by atoms with van der Waals surface area (Å²) in [5.74, 6) is -4.98. The number of nitriles is 1. The highest BCUT2D eigenvalue weighted by atomic mass is 35.5. The van der Waals surface area contributed by atoms with Crippen molar-refractivity contribution in [1.82, 2.24) is 0 Å². The highest BCUT2D eigenvalue weighted by Gasteiger charge is 2.34. The average molecular weight is 206 g/mol. The predicted octanol–water partition coefficient (Wildman–Crippen LogP) is 3.09. The van der Waals surface area contributed by atoms with E-state index >= 15 is 0 Å². The van der Waals surface area contributed by atoms with Gasteiger partial charge in [0.25, 0.3) is 0 Å². The number of hydrogen-bond donors (Lipinski definition) is 0. The van der Waals surface area contributed by atoms with Crippen LogP contribution in [0.15, 0.2) is 18.2 Å². The topological polar surface area (TPSA) is 23.8 Å². The third kappa shape index (κ3) is 1.93. The minimum atomic E-state index is -3.84. The highest BCUT2D eigenvalue weighted by Crippen LogP contribution is 2.30. The standard InChI is InChI=1S/C8H3ClF3N/c9-5-1-2-7(10)6(3-5)8(11,12)4-13/h1-3H. The summed E-state index contributed by atoms with van der Waals surface area (Å²) >= 11 is 5.37. The second-order valence-corrected chi connectivity index (χ2v) is 2.75. The zero-order valence-electron chi connectivity index (χ0n) is 6.19. The van der Waals surface area contributed by atoms with E-state index in [1.54, 1.807) is 0 Å². The average Bonchev–Trinajstić information content (AvgIpc) is 2.09. The largest absolute Gasteiger partial charge is 0.360 e. The molecule has 0 amide bonds. The molecule has 0 N–H and O–H groups in total. The molecule has 0 saturated heterocycles. The van der Waals surface area contributed by atoms with E-state index in [2.05, 4.69) is 0 Å². The number of nitrogens with zero attached hydrogens (tertiary/aromatic N) is 1. The molecule has 1 rings (SSSR count). The lowest BCUT2D eigenvalue weighted by Gasteiger charge is -2.08. The molecule has 0 aromatic heterocycles. The van der Waals surface area contributed by atoms with Crippen LogP contribution in [0.3, 0.4) is 0 Å². The van der Waals surface area contributed by atoms with Gasteiger partial charge in [-0.25, -0.2) is 4.39 Å². The van der Waals surface area contributed by atoms with Crippen LogP contribution in [-0.4, -0.2) is 0 Å². The molecule has 13 heavy (non-hydrogen) atoms. The van der Waals surface area contributed by atoms with Crippen molar-refractivity contribution in [3.05, 3.63) is 34.6 Å². The first-order valence-electron chi connectivity index (χ1n) is 3.22. The maximum atomic E-state index is 12.8. The predicted molar refractivity (Wildman–Crippen MR) is 40.9 cm³/mol. The highest BCUT2D eigenvalue weighted by molar-refractivity contribution is 6.30. The second kappa shape index (κ2) is 3.27. The molecule has 1 aromatic carbocycles. The molecular formula is C8H3ClF3N. The van der Waals surface area contributed by atoms with Gasteiger partial charge in [0, 0.05) is 5.02 Å². The summed E-state index contributed by atoms with van der Waals surface area (Å²) in [4.78, 5) is 0. The van der Waals surface area contributed by atoms with Crippen LogP contribution in [-0.2, 0) is 5.92 Å². The zero-order chi connectivity index (χ0) is 10.1. The van der Waals surface area contributed by atoms with Gasteiger partial charge in [-0.2, -0.15) is 14.0 Å². The molecule has 5 heteroatoms. The molecule has 0 aliphatic carbocycles. The Morgan fingerprint density at radius 3 is 2.54 bits per heavy atom. The Kier molecular flexibility index (Phi) is 2.48. The van der Waals surface area contributed by atoms with Crippen LogP contribution in [0.25, 0.3) is 0 Å². The number of alkyl halides is 2. The quantitative estimate of drug-likeness (QED) is 0.691. The van der Waals surface area contributed by atoms with E-state index in [4.69, 9.17) is 16.9 Å². The molecule has 0 aliphatic heterocycles. The Labute approximate surface area is 77.4 Å². The van der Waals surface area contributed by atoms with Crippen LogP contribution in [0, 0.1) is 17.1 Å². The van der Waals surface area contributed by atoms with E-state index in [-0.39, 0.29) is 5.02 Å². The first-order chi connectivity index (χ1) is 5.97. The normalized spacial score (nSPS) is 11.0. The summed E-state index contributed by atoms with van der Waals surface area (Å²) in [5, 5.41) is 8.02. The number of benzene rings is 1. The van der Waals surface area contributed by atoms with Gasteiger partial charge in [0.2, 0.25) is 0 Å². The van der Waals surface area contributed by atoms with Gasteiger partial charge in [-0.1, -0.05) is 11.6 Å². The van der Waals surface area contributed by atoms with Crippen molar-refractivity contribution in [3.8, 4) is 6.07 Å². The lowest BCUT2D eigenvalue weighted by molar-refractivity contribution is 0.0572. The third-order valence-electron chi connectivity index (χ3n) is 1.41. The molecule has 1 aromatic rings. The van der Waals surface area contributed by atoms with Gasteiger partial charge in [0.05, 0.1) is 5.56 Å². The second-order valence-electron chi connectivity index (χ2n) is 2.31. The lowest BCUT2D eigenvalue weighted by Crippen LogP contribution is -2.12. The van der Waals surface area contributed by atoms with Crippen molar-refractivity contribution in [3.63, 3.8) is 0 Å². The monoisotopic (exact) mass is 205 g/mol. The van der Waals surface area contributed by atoms with Crippen molar-refractivity contribution in [2.75, 3.05) is 0 Å². The number of hydrogen-bond acceptors (Lipinski definition) is 1. The minimum absolute atomic E-state index is 0.0358. The maximum Gasteiger partial charge on any atom is 0.360 e. The van der Waals surface area contributed by atoms with E-state index in [1.807, 2.05) is 0 Å². The fraction of sp³-hybridized carbons (Fsp3) is 0.125. The smallest absolute Gasteiger partial charge is 0.206 e. The van der Waals surface area contributed by atoms with E-state index < -0.39 is 17.3 Å². The molecule has 0 aliphatic rings. The molecule has 0 atom stereocenters. The zero-order valence-corrected chi connectivity index (χ0v) is 6.95. The van der Waals surface area contributed by atoms with Crippen molar-refractivity contribution >= 4 is 11.6 Å². The van der Waals surface area contributed by atoms with Crippen LogP contribution < -0.4 is 0 Å². The molecular weight excluding hydrogens is 203 g/mol. The van der Waals surface area contributed by atoms with Crippen molar-refractivity contribution < 1.29 is 13.2 Å². The Bertz CT molecular complexity index is 370. The fourth-order valence-corrected chi connectivity index (χ4v) is 0.970. The summed E-state index contributed by atoms with van der Waals surface area (Å²) in [6, 6.07) is 3.36. The van der Waals surface area contributed by atoms with Crippen molar-refractivity contribution in [1.29, 1.82) is 5.26 Å². The van der Waals surface area contributed by atoms with Crippen LogP contribution in [0.2, 0.25) is 5.02 Å². The third-order valence-corrected chi connectivity index (χ3v) is 1.64. The van der Waals surface area contributed by atoms with Crippen molar-refractivity contribution in [2.24, 2.45) is 0 Å². The van der Waals surface area contributed by atoms with Gasteiger partial charge in [0.1, 0.15) is 11.9 Å². The Morgan fingerprint density at radius 1 is 1.38 bits per heavy atom. The van der Waals surface area contributed by atoms with Crippen LogP contribution in [0.5, 0.6) is 0 Å². The SMILES string of the molecule is N#CC(F)(F)c1cc(Cl)ccc1F. The molecule has 0 radical (unpaired) electrons.